The van der Waals surface area contributed by atoms with Crippen LogP contribution < -0.4 is 5.32 Å². The van der Waals surface area contributed by atoms with E-state index in [-0.39, 0.29) is 10.9 Å². The fourth-order valence-corrected chi connectivity index (χ4v) is 3.56. The monoisotopic (exact) mass is 409 g/mol. The van der Waals surface area contributed by atoms with Gasteiger partial charge in [-0.05, 0) is 32.8 Å². The second kappa shape index (κ2) is 8.32. The number of nitrogens with zero attached hydrogens (tertiary/aromatic N) is 2. The number of halogens is 3. The number of thiazole rings is 1. The number of alkyl halides is 2. The standard InChI is InChI=1S/C19H18ClF2N3OS/c1-10(24-19(26)17-16(18(21)22)25-11(2)27-17)7-15-14(20)8-13(9-23-15)6-5-12-3-4-12/h8-10,12,18H,3-4,7H2,1-2H3,(H,24,26). The number of pyridine rings is 1. The van der Waals surface area contributed by atoms with Crippen molar-refractivity contribution in [1.82, 2.24) is 15.3 Å². The highest BCUT2D eigenvalue weighted by Gasteiger charge is 2.24. The van der Waals surface area contributed by atoms with Crippen LogP contribution in [0.5, 0.6) is 0 Å². The van der Waals surface area contributed by atoms with Gasteiger partial charge in [0.25, 0.3) is 12.3 Å². The van der Waals surface area contributed by atoms with E-state index in [4.69, 9.17) is 11.6 Å². The third kappa shape index (κ3) is 5.24. The van der Waals surface area contributed by atoms with Crippen LogP contribution in [0.2, 0.25) is 5.02 Å². The minimum absolute atomic E-state index is 0.0564. The van der Waals surface area contributed by atoms with E-state index in [0.717, 1.165) is 29.7 Å². The minimum Gasteiger partial charge on any atom is -0.348 e. The maximum atomic E-state index is 13.0. The highest BCUT2D eigenvalue weighted by Crippen LogP contribution is 2.28. The lowest BCUT2D eigenvalue weighted by Gasteiger charge is -2.14. The summed E-state index contributed by atoms with van der Waals surface area (Å²) in [5.74, 6) is 6.14. The molecule has 1 aliphatic rings. The lowest BCUT2D eigenvalue weighted by molar-refractivity contribution is 0.0929. The molecule has 27 heavy (non-hydrogen) atoms. The molecular formula is C19H18ClF2N3OS. The van der Waals surface area contributed by atoms with E-state index < -0.39 is 18.0 Å². The molecule has 1 unspecified atom stereocenters. The maximum Gasteiger partial charge on any atom is 0.282 e. The number of rotatable bonds is 5. The van der Waals surface area contributed by atoms with E-state index in [9.17, 15) is 13.6 Å². The third-order valence-corrected chi connectivity index (χ3v) is 5.28. The predicted molar refractivity (Wildman–Crippen MR) is 101 cm³/mol. The number of hydrogen-bond donors (Lipinski definition) is 1. The zero-order valence-corrected chi connectivity index (χ0v) is 16.4. The van der Waals surface area contributed by atoms with Crippen LogP contribution in [0.3, 0.4) is 0 Å². The zero-order chi connectivity index (χ0) is 19.6. The summed E-state index contributed by atoms with van der Waals surface area (Å²) in [6.07, 6.45) is 1.55. The van der Waals surface area contributed by atoms with Crippen LogP contribution in [0.25, 0.3) is 0 Å². The molecule has 1 atom stereocenters. The molecule has 0 aliphatic heterocycles. The van der Waals surface area contributed by atoms with Gasteiger partial charge < -0.3 is 5.32 Å². The summed E-state index contributed by atoms with van der Waals surface area (Å²) in [7, 11) is 0. The van der Waals surface area contributed by atoms with Crippen LogP contribution in [0.15, 0.2) is 12.3 Å². The highest BCUT2D eigenvalue weighted by molar-refractivity contribution is 7.13. The lowest BCUT2D eigenvalue weighted by Crippen LogP contribution is -2.34. The van der Waals surface area contributed by atoms with Gasteiger partial charge in [-0.25, -0.2) is 13.8 Å². The molecule has 4 nitrogen and oxygen atoms in total. The molecule has 1 saturated carbocycles. The molecule has 0 spiro atoms. The van der Waals surface area contributed by atoms with Crippen molar-refractivity contribution in [3.8, 4) is 11.8 Å². The summed E-state index contributed by atoms with van der Waals surface area (Å²) in [5.41, 5.74) is 0.905. The first-order valence-electron chi connectivity index (χ1n) is 8.55. The SMILES string of the molecule is Cc1nc(C(F)F)c(C(=O)NC(C)Cc2ncc(C#CC3CC3)cc2Cl)s1. The maximum absolute atomic E-state index is 13.0. The van der Waals surface area contributed by atoms with E-state index in [2.05, 4.69) is 27.1 Å². The highest BCUT2D eigenvalue weighted by atomic mass is 35.5. The van der Waals surface area contributed by atoms with Gasteiger partial charge in [0.1, 0.15) is 10.6 Å². The summed E-state index contributed by atoms with van der Waals surface area (Å²) >= 11 is 7.23. The Balaban J connectivity index is 1.64. The number of carbonyl (C=O) groups is 1. The largest absolute Gasteiger partial charge is 0.348 e. The molecule has 3 rings (SSSR count). The molecule has 2 heterocycles. The number of nitrogens with one attached hydrogen (secondary N) is 1. The Morgan fingerprint density at radius 2 is 2.22 bits per heavy atom. The number of carbonyl (C=O) groups excluding carboxylic acids is 1. The van der Waals surface area contributed by atoms with Crippen molar-refractivity contribution in [3.63, 3.8) is 0 Å². The Labute approximate surface area is 165 Å². The molecule has 0 saturated heterocycles. The second-order valence-electron chi connectivity index (χ2n) is 6.52. The molecular weight excluding hydrogens is 392 g/mol. The average Bonchev–Trinajstić information content (AvgIpc) is 3.34. The van der Waals surface area contributed by atoms with Gasteiger partial charge in [0.15, 0.2) is 0 Å². The van der Waals surface area contributed by atoms with Crippen molar-refractivity contribution in [2.75, 3.05) is 0 Å². The average molecular weight is 410 g/mol. The van der Waals surface area contributed by atoms with E-state index >= 15 is 0 Å². The van der Waals surface area contributed by atoms with E-state index in [1.807, 2.05) is 0 Å². The van der Waals surface area contributed by atoms with Crippen LogP contribution in [0.1, 0.15) is 57.8 Å². The van der Waals surface area contributed by atoms with Crippen molar-refractivity contribution in [1.29, 1.82) is 0 Å². The normalized spacial score (nSPS) is 14.6. The Hall–Kier alpha value is -2.04. The van der Waals surface area contributed by atoms with Crippen molar-refractivity contribution >= 4 is 28.8 Å². The van der Waals surface area contributed by atoms with Crippen molar-refractivity contribution in [3.05, 3.63) is 44.1 Å². The van der Waals surface area contributed by atoms with Gasteiger partial charge in [0.2, 0.25) is 0 Å². The molecule has 0 radical (unpaired) electrons. The summed E-state index contributed by atoms with van der Waals surface area (Å²) in [4.78, 5) is 20.3. The van der Waals surface area contributed by atoms with E-state index in [1.165, 1.54) is 0 Å². The molecule has 1 fully saturated rings. The van der Waals surface area contributed by atoms with Crippen molar-refractivity contribution in [2.45, 2.75) is 45.6 Å². The quantitative estimate of drug-likeness (QED) is 0.736. The number of amides is 1. The first-order valence-corrected chi connectivity index (χ1v) is 9.75. The lowest BCUT2D eigenvalue weighted by atomic mass is 10.1. The first-order chi connectivity index (χ1) is 12.8. The van der Waals surface area contributed by atoms with Gasteiger partial charge in [0.05, 0.1) is 15.7 Å². The molecule has 1 amide bonds. The van der Waals surface area contributed by atoms with Gasteiger partial charge in [-0.2, -0.15) is 0 Å². The first kappa shape index (κ1) is 19.7. The van der Waals surface area contributed by atoms with Gasteiger partial charge >= 0.3 is 0 Å². The predicted octanol–water partition coefficient (Wildman–Crippen LogP) is 4.56. The van der Waals surface area contributed by atoms with Gasteiger partial charge in [-0.3, -0.25) is 9.78 Å². The molecule has 2 aromatic rings. The molecule has 1 N–H and O–H groups in total. The van der Waals surface area contributed by atoms with Crippen molar-refractivity contribution in [2.24, 2.45) is 5.92 Å². The Morgan fingerprint density at radius 3 is 2.85 bits per heavy atom. The van der Waals surface area contributed by atoms with Crippen molar-refractivity contribution < 1.29 is 13.6 Å². The minimum atomic E-state index is -2.79. The summed E-state index contributed by atoms with van der Waals surface area (Å²) in [5, 5.41) is 3.61. The molecule has 8 heteroatoms. The van der Waals surface area contributed by atoms with Crippen LogP contribution in [-0.2, 0) is 6.42 Å². The summed E-state index contributed by atoms with van der Waals surface area (Å²) in [6.45, 7) is 3.36. The number of aromatic nitrogens is 2. The van der Waals surface area contributed by atoms with Crippen LogP contribution in [-0.4, -0.2) is 21.9 Å². The number of hydrogen-bond acceptors (Lipinski definition) is 4. The molecule has 0 bridgehead atoms. The van der Waals surface area contributed by atoms with E-state index in [1.54, 1.807) is 26.1 Å². The smallest absolute Gasteiger partial charge is 0.282 e. The molecule has 2 aromatic heterocycles. The number of aryl methyl sites for hydroxylation is 1. The molecule has 0 aromatic carbocycles. The van der Waals surface area contributed by atoms with Gasteiger partial charge in [-0.1, -0.05) is 23.4 Å². The summed E-state index contributed by atoms with van der Waals surface area (Å²) < 4.78 is 26.0. The van der Waals surface area contributed by atoms with Crippen LogP contribution in [0, 0.1) is 24.7 Å². The Kier molecular flexibility index (Phi) is 6.08. The second-order valence-corrected chi connectivity index (χ2v) is 8.13. The zero-order valence-electron chi connectivity index (χ0n) is 14.9. The fraction of sp³-hybridized carbons (Fsp3) is 0.421. The summed E-state index contributed by atoms with van der Waals surface area (Å²) in [6, 6.07) is 1.42. The molecule has 142 valence electrons. The third-order valence-electron chi connectivity index (χ3n) is 3.97. The van der Waals surface area contributed by atoms with Gasteiger partial charge in [0, 0.05) is 30.1 Å². The molecule has 1 aliphatic carbocycles. The van der Waals surface area contributed by atoms with Crippen LogP contribution >= 0.6 is 22.9 Å². The Bertz CT molecular complexity index is 915. The Morgan fingerprint density at radius 1 is 1.48 bits per heavy atom. The topological polar surface area (TPSA) is 54.9 Å². The van der Waals surface area contributed by atoms with Gasteiger partial charge in [-0.15, -0.1) is 11.3 Å². The fourth-order valence-electron chi connectivity index (χ4n) is 2.48. The van der Waals surface area contributed by atoms with E-state index in [0.29, 0.717) is 28.1 Å². The van der Waals surface area contributed by atoms with Crippen LogP contribution in [0.4, 0.5) is 8.78 Å².